The number of hydrogen-bond acceptors (Lipinski definition) is 8. The Morgan fingerprint density at radius 1 is 1.06 bits per heavy atom. The Kier molecular flexibility index (Phi) is 10.4. The van der Waals surface area contributed by atoms with Crippen molar-refractivity contribution in [2.24, 2.45) is 0 Å². The molecule has 50 heavy (non-hydrogen) atoms. The number of carbonyl (C=O) groups is 6. The van der Waals surface area contributed by atoms with Crippen LogP contribution in [0.2, 0.25) is 0 Å². The van der Waals surface area contributed by atoms with Crippen LogP contribution >= 0.6 is 11.3 Å². The zero-order valence-corrected chi connectivity index (χ0v) is 28.3. The van der Waals surface area contributed by atoms with Gasteiger partial charge in [0.15, 0.2) is 0 Å². The molecule has 4 atom stereocenters. The highest BCUT2D eigenvalue weighted by atomic mass is 32.1. The molecule has 2 fully saturated rings. The number of aryl methyl sites for hydroxylation is 1. The number of aromatic nitrogens is 2. The molecule has 0 radical (unpaired) electrons. The summed E-state index contributed by atoms with van der Waals surface area (Å²) in [6, 6.07) is 8.57. The fourth-order valence-corrected chi connectivity index (χ4v) is 7.44. The molecule has 14 nitrogen and oxygen atoms in total. The summed E-state index contributed by atoms with van der Waals surface area (Å²) in [4.78, 5) is 88.3. The van der Waals surface area contributed by atoms with Crippen LogP contribution in [0.15, 0.2) is 48.0 Å². The highest BCUT2D eigenvalue weighted by molar-refractivity contribution is 7.16. The van der Waals surface area contributed by atoms with Gasteiger partial charge in [0.05, 0.1) is 22.1 Å². The van der Waals surface area contributed by atoms with E-state index in [1.54, 1.807) is 23.7 Å². The summed E-state index contributed by atoms with van der Waals surface area (Å²) in [6.45, 7) is 2.17. The number of carboxylic acid groups (broad SMARTS) is 1. The van der Waals surface area contributed by atoms with Gasteiger partial charge in [-0.05, 0) is 68.9 Å². The minimum Gasteiger partial charge on any atom is -0.480 e. The molecule has 15 heteroatoms. The summed E-state index contributed by atoms with van der Waals surface area (Å²) in [5.74, 6) is -3.67. The average Bonchev–Trinajstić information content (AvgIpc) is 3.82. The molecule has 6 rings (SSSR count). The third kappa shape index (κ3) is 7.77. The first kappa shape index (κ1) is 34.5. The number of carbonyl (C=O) groups excluding carboxylic acids is 5. The number of para-hydroxylation sites is 1. The van der Waals surface area contributed by atoms with Gasteiger partial charge in [0, 0.05) is 47.7 Å². The van der Waals surface area contributed by atoms with Gasteiger partial charge in [-0.1, -0.05) is 18.2 Å². The van der Waals surface area contributed by atoms with Crippen LogP contribution in [0.25, 0.3) is 21.1 Å². The lowest BCUT2D eigenvalue weighted by atomic mass is 10.1. The summed E-state index contributed by atoms with van der Waals surface area (Å²) in [5.41, 5.74) is 5.38. The molecule has 0 aliphatic carbocycles. The molecular formula is C35H39N7O7S. The number of thiazole rings is 1. The molecule has 2 aliphatic rings. The smallest absolute Gasteiger partial charge is 0.326 e. The first-order chi connectivity index (χ1) is 24.1. The summed E-state index contributed by atoms with van der Waals surface area (Å²) in [7, 11) is 0. The lowest BCUT2D eigenvalue weighted by Crippen LogP contribution is -2.55. The van der Waals surface area contributed by atoms with Crippen molar-refractivity contribution >= 4 is 68.0 Å². The highest BCUT2D eigenvalue weighted by Gasteiger charge is 2.43. The molecule has 0 unspecified atom stereocenters. The van der Waals surface area contributed by atoms with Crippen LogP contribution in [-0.2, 0) is 30.4 Å². The van der Waals surface area contributed by atoms with Crippen LogP contribution in [0, 0.1) is 6.92 Å². The number of amides is 5. The fraction of sp³-hybridized carbons (Fsp3) is 0.400. The van der Waals surface area contributed by atoms with E-state index >= 15 is 0 Å². The maximum absolute atomic E-state index is 14.3. The molecule has 4 heterocycles. The molecule has 0 saturated carbocycles. The summed E-state index contributed by atoms with van der Waals surface area (Å²) >= 11 is 1.39. The molecule has 0 spiro atoms. The predicted octanol–water partition coefficient (Wildman–Crippen LogP) is 2.16. The van der Waals surface area contributed by atoms with E-state index in [9.17, 15) is 33.9 Å². The SMILES string of the molecule is Cc1[nH]c2ccccc2c1CC(=O)N[C@@H]1C[C@H]2C(=O)N[C@H](C(=O)O)CCC(=O)NCCCC[C@H](NC(=O)c3ccc4ncsc4c3)C(=O)N2C1. The Hall–Kier alpha value is -5.31. The van der Waals surface area contributed by atoms with Crippen LogP contribution in [0.4, 0.5) is 0 Å². The number of nitrogens with one attached hydrogen (secondary N) is 5. The zero-order chi connectivity index (χ0) is 35.4. The third-order valence-electron chi connectivity index (χ3n) is 9.33. The summed E-state index contributed by atoms with van der Waals surface area (Å²) < 4.78 is 0.812. The molecule has 262 valence electrons. The van der Waals surface area contributed by atoms with Crippen molar-refractivity contribution < 1.29 is 33.9 Å². The number of rotatable bonds is 6. The van der Waals surface area contributed by atoms with E-state index in [-0.39, 0.29) is 50.5 Å². The van der Waals surface area contributed by atoms with Crippen LogP contribution in [0.5, 0.6) is 0 Å². The molecular weight excluding hydrogens is 662 g/mol. The van der Waals surface area contributed by atoms with Crippen molar-refractivity contribution in [3.05, 3.63) is 64.8 Å². The molecule has 2 aromatic heterocycles. The number of fused-ring (bicyclic) bond motifs is 3. The fourth-order valence-electron chi connectivity index (χ4n) is 6.72. The normalized spacial score (nSPS) is 22.3. The summed E-state index contributed by atoms with van der Waals surface area (Å²) in [5, 5.41) is 21.9. The largest absolute Gasteiger partial charge is 0.480 e. The van der Waals surface area contributed by atoms with E-state index in [0.717, 1.165) is 32.4 Å². The van der Waals surface area contributed by atoms with E-state index in [4.69, 9.17) is 0 Å². The molecule has 2 aromatic carbocycles. The number of benzene rings is 2. The zero-order valence-electron chi connectivity index (χ0n) is 27.5. The quantitative estimate of drug-likeness (QED) is 0.176. The van der Waals surface area contributed by atoms with Gasteiger partial charge in [-0.3, -0.25) is 24.0 Å². The van der Waals surface area contributed by atoms with E-state index in [1.807, 2.05) is 31.2 Å². The maximum atomic E-state index is 14.3. The number of aliphatic carboxylic acids is 1. The molecule has 6 N–H and O–H groups in total. The van der Waals surface area contributed by atoms with Gasteiger partial charge >= 0.3 is 5.97 Å². The van der Waals surface area contributed by atoms with Crippen LogP contribution in [-0.4, -0.2) is 92.7 Å². The molecule has 2 saturated heterocycles. The summed E-state index contributed by atoms with van der Waals surface area (Å²) in [6.07, 6.45) is 1.06. The number of carboxylic acids is 1. The Balaban J connectivity index is 1.25. The number of aromatic amines is 1. The van der Waals surface area contributed by atoms with Crippen molar-refractivity contribution in [3.63, 3.8) is 0 Å². The van der Waals surface area contributed by atoms with Crippen molar-refractivity contribution in [1.82, 2.24) is 36.1 Å². The second-order valence-electron chi connectivity index (χ2n) is 12.8. The number of nitrogens with zero attached hydrogens (tertiary/aromatic N) is 2. The van der Waals surface area contributed by atoms with Crippen molar-refractivity contribution in [2.75, 3.05) is 13.1 Å². The van der Waals surface area contributed by atoms with Gasteiger partial charge < -0.3 is 36.3 Å². The second-order valence-corrected chi connectivity index (χ2v) is 13.7. The standard InChI is InChI=1S/C35H39N7O7S/c1-19-23(22-6-2-3-7-24(22)38-19)16-31(44)39-21-15-28-33(46)41-27(35(48)49)11-12-30(43)36-13-5-4-8-26(34(47)42(28)17-21)40-32(45)20-9-10-25-29(14-20)50-18-37-25/h2-3,6-7,9-10,14,18,21,26-28,38H,4-5,8,11-13,15-17H2,1H3,(H,36,43)(H,39,44)(H,40,45)(H,41,46)(H,48,49)/t21-,26+,27+,28+/m1/s1. The lowest BCUT2D eigenvalue weighted by Gasteiger charge is -2.29. The Morgan fingerprint density at radius 2 is 1.88 bits per heavy atom. The van der Waals surface area contributed by atoms with Crippen LogP contribution in [0.3, 0.4) is 0 Å². The first-order valence-corrected chi connectivity index (χ1v) is 17.6. The van der Waals surface area contributed by atoms with E-state index in [0.29, 0.717) is 24.9 Å². The minimum atomic E-state index is -1.37. The van der Waals surface area contributed by atoms with Gasteiger partial charge in [-0.25, -0.2) is 9.78 Å². The maximum Gasteiger partial charge on any atom is 0.326 e. The Labute approximate surface area is 291 Å². The van der Waals surface area contributed by atoms with Gasteiger partial charge in [0.1, 0.15) is 18.1 Å². The topological polar surface area (TPSA) is 203 Å². The monoisotopic (exact) mass is 701 g/mol. The van der Waals surface area contributed by atoms with Crippen LogP contribution < -0.4 is 21.3 Å². The van der Waals surface area contributed by atoms with Crippen molar-refractivity contribution in [1.29, 1.82) is 0 Å². The molecule has 5 amide bonds. The second kappa shape index (κ2) is 15.1. The third-order valence-corrected chi connectivity index (χ3v) is 10.1. The number of H-pyrrole nitrogens is 1. The minimum absolute atomic E-state index is 0.0213. The van der Waals surface area contributed by atoms with Crippen molar-refractivity contribution in [3.8, 4) is 0 Å². The molecule has 2 aliphatic heterocycles. The predicted molar refractivity (Wildman–Crippen MR) is 185 cm³/mol. The van der Waals surface area contributed by atoms with Gasteiger partial charge in [0.2, 0.25) is 23.6 Å². The van der Waals surface area contributed by atoms with Gasteiger partial charge in [-0.2, -0.15) is 0 Å². The van der Waals surface area contributed by atoms with E-state index in [1.165, 1.54) is 16.2 Å². The number of hydrogen-bond donors (Lipinski definition) is 6. The van der Waals surface area contributed by atoms with Crippen LogP contribution in [0.1, 0.15) is 60.1 Å². The van der Waals surface area contributed by atoms with E-state index < -0.39 is 47.9 Å². The van der Waals surface area contributed by atoms with Gasteiger partial charge in [0.25, 0.3) is 5.91 Å². The molecule has 0 bridgehead atoms. The van der Waals surface area contributed by atoms with Crippen molar-refractivity contribution in [2.45, 2.75) is 76.0 Å². The lowest BCUT2D eigenvalue weighted by molar-refractivity contribution is -0.144. The first-order valence-electron chi connectivity index (χ1n) is 16.7. The Bertz CT molecular complexity index is 1960. The average molecular weight is 702 g/mol. The highest BCUT2D eigenvalue weighted by Crippen LogP contribution is 2.25. The van der Waals surface area contributed by atoms with Gasteiger partial charge in [-0.15, -0.1) is 11.3 Å². The Morgan fingerprint density at radius 3 is 2.70 bits per heavy atom. The van der Waals surface area contributed by atoms with E-state index in [2.05, 4.69) is 31.2 Å². The molecule has 4 aromatic rings.